The lowest BCUT2D eigenvalue weighted by Gasteiger charge is -2.18. The van der Waals surface area contributed by atoms with Crippen LogP contribution in [-0.2, 0) is 28.6 Å². The Morgan fingerprint density at radius 1 is 0.306 bits per heavy atom. The first kappa shape index (κ1) is 60.4. The summed E-state index contributed by atoms with van der Waals surface area (Å²) in [5.41, 5.74) is 0. The summed E-state index contributed by atoms with van der Waals surface area (Å²) in [6.07, 6.45) is 53.8. The van der Waals surface area contributed by atoms with Crippen LogP contribution in [-0.4, -0.2) is 37.2 Å². The topological polar surface area (TPSA) is 78.9 Å². The minimum atomic E-state index is -0.761. The lowest BCUT2D eigenvalue weighted by molar-refractivity contribution is -0.167. The quantitative estimate of drug-likeness (QED) is 0.0344. The summed E-state index contributed by atoms with van der Waals surface area (Å²) in [5.74, 6) is -0.00704. The molecule has 0 aliphatic rings. The summed E-state index contributed by atoms with van der Waals surface area (Å²) in [7, 11) is 0. The molecule has 0 radical (unpaired) electrons. The van der Waals surface area contributed by atoms with Crippen LogP contribution in [0.25, 0.3) is 0 Å². The number of carbonyl (C=O) groups excluding carboxylic acids is 3. The summed E-state index contributed by atoms with van der Waals surface area (Å²) < 4.78 is 16.8. The molecular formula is C56H108O6. The monoisotopic (exact) mass is 877 g/mol. The van der Waals surface area contributed by atoms with Gasteiger partial charge in [0.05, 0.1) is 0 Å². The number of ether oxygens (including phenoxy) is 3. The summed E-state index contributed by atoms with van der Waals surface area (Å²) >= 11 is 0. The highest BCUT2D eigenvalue weighted by Gasteiger charge is 2.19. The third kappa shape index (κ3) is 49.4. The highest BCUT2D eigenvalue weighted by Crippen LogP contribution is 2.18. The Morgan fingerprint density at radius 2 is 0.532 bits per heavy atom. The maximum atomic E-state index is 12.8. The molecule has 0 aliphatic carbocycles. The minimum absolute atomic E-state index is 0.0625. The van der Waals surface area contributed by atoms with Crippen molar-refractivity contribution in [2.45, 2.75) is 323 Å². The van der Waals surface area contributed by atoms with E-state index in [2.05, 4.69) is 27.7 Å². The van der Waals surface area contributed by atoms with Crippen LogP contribution >= 0.6 is 0 Å². The first-order valence-electron chi connectivity index (χ1n) is 27.9. The molecular weight excluding hydrogens is 769 g/mol. The molecule has 0 fully saturated rings. The fourth-order valence-electron chi connectivity index (χ4n) is 8.57. The normalized spacial score (nSPS) is 12.0. The first-order chi connectivity index (χ1) is 30.4. The van der Waals surface area contributed by atoms with E-state index in [0.717, 1.165) is 63.7 Å². The van der Waals surface area contributed by atoms with Crippen molar-refractivity contribution >= 4 is 17.9 Å². The smallest absolute Gasteiger partial charge is 0.306 e. The number of hydrogen-bond donors (Lipinski definition) is 0. The Hall–Kier alpha value is -1.59. The predicted molar refractivity (Wildman–Crippen MR) is 266 cm³/mol. The van der Waals surface area contributed by atoms with E-state index in [1.807, 2.05) is 0 Å². The van der Waals surface area contributed by atoms with Gasteiger partial charge in [-0.05, 0) is 25.2 Å². The first-order valence-corrected chi connectivity index (χ1v) is 27.9. The zero-order chi connectivity index (χ0) is 45.2. The second-order valence-corrected chi connectivity index (χ2v) is 19.7. The molecule has 6 nitrogen and oxygen atoms in total. The molecule has 0 aromatic rings. The van der Waals surface area contributed by atoms with Gasteiger partial charge in [0.15, 0.2) is 6.10 Å². The van der Waals surface area contributed by atoms with Crippen LogP contribution in [0.2, 0.25) is 0 Å². The van der Waals surface area contributed by atoms with Gasteiger partial charge in [0.25, 0.3) is 0 Å². The Balaban J connectivity index is 4.24. The molecule has 1 atom stereocenters. The third-order valence-electron chi connectivity index (χ3n) is 12.8. The van der Waals surface area contributed by atoms with Crippen molar-refractivity contribution < 1.29 is 28.6 Å². The van der Waals surface area contributed by atoms with Crippen molar-refractivity contribution in [3.63, 3.8) is 0 Å². The van der Waals surface area contributed by atoms with Crippen LogP contribution in [0.1, 0.15) is 317 Å². The molecule has 0 heterocycles. The summed E-state index contributed by atoms with van der Waals surface area (Å²) in [6, 6.07) is 0. The van der Waals surface area contributed by atoms with Gasteiger partial charge >= 0.3 is 17.9 Å². The van der Waals surface area contributed by atoms with Crippen molar-refractivity contribution in [1.82, 2.24) is 0 Å². The predicted octanol–water partition coefficient (Wildman–Crippen LogP) is 18.2. The van der Waals surface area contributed by atoms with Crippen molar-refractivity contribution in [2.75, 3.05) is 13.2 Å². The van der Waals surface area contributed by atoms with E-state index in [-0.39, 0.29) is 31.1 Å². The largest absolute Gasteiger partial charge is 0.462 e. The van der Waals surface area contributed by atoms with E-state index in [1.54, 1.807) is 0 Å². The molecule has 0 saturated carbocycles. The molecule has 0 aromatic heterocycles. The van der Waals surface area contributed by atoms with Crippen molar-refractivity contribution in [2.24, 2.45) is 5.92 Å². The van der Waals surface area contributed by atoms with Gasteiger partial charge in [0.2, 0.25) is 0 Å². The zero-order valence-electron chi connectivity index (χ0n) is 42.3. The molecule has 368 valence electrons. The molecule has 0 saturated heterocycles. The minimum Gasteiger partial charge on any atom is -0.462 e. The zero-order valence-corrected chi connectivity index (χ0v) is 42.3. The van der Waals surface area contributed by atoms with E-state index in [4.69, 9.17) is 14.2 Å². The fraction of sp³-hybridized carbons (Fsp3) is 0.946. The van der Waals surface area contributed by atoms with Crippen LogP contribution in [0.5, 0.6) is 0 Å². The Labute approximate surface area is 387 Å². The number of unbranched alkanes of at least 4 members (excludes halogenated alkanes) is 38. The molecule has 0 amide bonds. The SMILES string of the molecule is CCCCCCCCCCCCCCCCCCCCCC(=O)O[C@@H](COC(=O)CCCCCCCCCCCC)COC(=O)CCCCCCCCCCCCCCC(C)C. The number of carbonyl (C=O) groups is 3. The van der Waals surface area contributed by atoms with Crippen LogP contribution in [0, 0.1) is 5.92 Å². The molecule has 0 aromatic carbocycles. The van der Waals surface area contributed by atoms with Gasteiger partial charge in [-0.2, -0.15) is 0 Å². The molecule has 0 bridgehead atoms. The van der Waals surface area contributed by atoms with Gasteiger partial charge in [-0.3, -0.25) is 14.4 Å². The second-order valence-electron chi connectivity index (χ2n) is 19.7. The maximum absolute atomic E-state index is 12.8. The van der Waals surface area contributed by atoms with Crippen LogP contribution < -0.4 is 0 Å². The van der Waals surface area contributed by atoms with Gasteiger partial charge in [-0.1, -0.05) is 278 Å². The van der Waals surface area contributed by atoms with E-state index in [9.17, 15) is 14.4 Å². The fourth-order valence-corrected chi connectivity index (χ4v) is 8.57. The van der Waals surface area contributed by atoms with Gasteiger partial charge < -0.3 is 14.2 Å². The molecule has 0 N–H and O–H groups in total. The second kappa shape index (κ2) is 50.4. The van der Waals surface area contributed by atoms with E-state index in [0.29, 0.717) is 19.3 Å². The van der Waals surface area contributed by atoms with E-state index in [1.165, 1.54) is 212 Å². The number of hydrogen-bond acceptors (Lipinski definition) is 6. The molecule has 6 heteroatoms. The molecule has 0 rings (SSSR count). The molecule has 0 aliphatic heterocycles. The molecule has 62 heavy (non-hydrogen) atoms. The van der Waals surface area contributed by atoms with E-state index >= 15 is 0 Å². The van der Waals surface area contributed by atoms with Gasteiger partial charge in [0.1, 0.15) is 13.2 Å². The highest BCUT2D eigenvalue weighted by molar-refractivity contribution is 5.71. The van der Waals surface area contributed by atoms with Crippen LogP contribution in [0.3, 0.4) is 0 Å². The Kier molecular flexibility index (Phi) is 49.1. The van der Waals surface area contributed by atoms with Crippen molar-refractivity contribution in [1.29, 1.82) is 0 Å². The summed E-state index contributed by atoms with van der Waals surface area (Å²) in [6.45, 7) is 9.04. The maximum Gasteiger partial charge on any atom is 0.306 e. The highest BCUT2D eigenvalue weighted by atomic mass is 16.6. The van der Waals surface area contributed by atoms with Crippen LogP contribution in [0.15, 0.2) is 0 Å². The van der Waals surface area contributed by atoms with E-state index < -0.39 is 6.10 Å². The summed E-state index contributed by atoms with van der Waals surface area (Å²) in [5, 5.41) is 0. The molecule has 0 spiro atoms. The average molecular weight is 877 g/mol. The lowest BCUT2D eigenvalue weighted by Crippen LogP contribution is -2.30. The third-order valence-corrected chi connectivity index (χ3v) is 12.8. The standard InChI is InChI=1S/C56H108O6/c1-5-7-9-11-13-15-17-18-19-20-21-22-23-24-29-33-37-41-45-49-56(59)62-53(50-60-54(57)47-43-39-35-31-16-14-12-10-8-6-2)51-61-55(58)48-44-40-36-32-28-26-25-27-30-34-38-42-46-52(3)4/h52-53H,5-51H2,1-4H3/t53-/m0/s1. The van der Waals surface area contributed by atoms with Crippen molar-refractivity contribution in [3.05, 3.63) is 0 Å². The lowest BCUT2D eigenvalue weighted by atomic mass is 10.0. The number of esters is 3. The number of rotatable bonds is 51. The van der Waals surface area contributed by atoms with Gasteiger partial charge in [0, 0.05) is 19.3 Å². The van der Waals surface area contributed by atoms with Gasteiger partial charge in [-0.25, -0.2) is 0 Å². The summed E-state index contributed by atoms with van der Waals surface area (Å²) in [4.78, 5) is 38.0. The Morgan fingerprint density at radius 3 is 0.790 bits per heavy atom. The van der Waals surface area contributed by atoms with Crippen molar-refractivity contribution in [3.8, 4) is 0 Å². The van der Waals surface area contributed by atoms with Gasteiger partial charge in [-0.15, -0.1) is 0 Å². The molecule has 0 unspecified atom stereocenters. The van der Waals surface area contributed by atoms with Crippen LogP contribution in [0.4, 0.5) is 0 Å². The average Bonchev–Trinajstić information content (AvgIpc) is 3.26. The Bertz CT molecular complexity index is 933.